The highest BCUT2D eigenvalue weighted by Gasteiger charge is 2.46. The van der Waals surface area contributed by atoms with Gasteiger partial charge in [0.15, 0.2) is 0 Å². The highest BCUT2D eigenvalue weighted by molar-refractivity contribution is 6.46. The van der Waals surface area contributed by atoms with Gasteiger partial charge >= 0.3 is 5.97 Å². The van der Waals surface area contributed by atoms with Crippen LogP contribution in [0.2, 0.25) is 0 Å². The van der Waals surface area contributed by atoms with Gasteiger partial charge in [0.2, 0.25) is 0 Å². The number of aryl methyl sites for hydroxylation is 1. The number of aliphatic hydroxyl groups excluding tert-OH is 1. The van der Waals surface area contributed by atoms with E-state index < -0.39 is 23.7 Å². The summed E-state index contributed by atoms with van der Waals surface area (Å²) in [5, 5.41) is 11.4. The number of amides is 1. The van der Waals surface area contributed by atoms with Crippen molar-refractivity contribution in [3.8, 4) is 5.75 Å². The van der Waals surface area contributed by atoms with Gasteiger partial charge in [-0.1, -0.05) is 12.1 Å². The molecule has 3 rings (SSSR count). The first-order valence-corrected chi connectivity index (χ1v) is 11.1. The van der Waals surface area contributed by atoms with Gasteiger partial charge in [-0.15, -0.1) is 0 Å². The zero-order chi connectivity index (χ0) is 25.2. The molecule has 1 fully saturated rings. The standard InChI is InChI=1S/C25H31N3O6/c1-7-34-25(32)20-14(2)18(15(3)26-20)22(29)19-21(16-9-8-10-17(13-16)33-6)28(12-11-27(4)5)24(31)23(19)30/h8-10,13,21,26,29H,7,11-12H2,1-6H3/b22-19+/t21-/m1/s1. The summed E-state index contributed by atoms with van der Waals surface area (Å²) in [5.41, 5.74) is 2.04. The van der Waals surface area contributed by atoms with E-state index in [0.29, 0.717) is 34.7 Å². The van der Waals surface area contributed by atoms with Crippen LogP contribution in [0.15, 0.2) is 29.8 Å². The lowest BCUT2D eigenvalue weighted by Crippen LogP contribution is -2.35. The maximum Gasteiger partial charge on any atom is 0.355 e. The molecule has 0 radical (unpaired) electrons. The van der Waals surface area contributed by atoms with Gasteiger partial charge in [-0.05, 0) is 58.1 Å². The first-order chi connectivity index (χ1) is 16.1. The first-order valence-electron chi connectivity index (χ1n) is 11.1. The maximum absolute atomic E-state index is 13.2. The summed E-state index contributed by atoms with van der Waals surface area (Å²) in [6, 6.07) is 6.26. The van der Waals surface area contributed by atoms with Crippen molar-refractivity contribution in [2.75, 3.05) is 40.9 Å². The van der Waals surface area contributed by atoms with E-state index in [-0.39, 0.29) is 30.2 Å². The molecule has 2 N–H and O–H groups in total. The summed E-state index contributed by atoms with van der Waals surface area (Å²) in [4.78, 5) is 45.0. The topological polar surface area (TPSA) is 112 Å². The number of ether oxygens (including phenoxy) is 2. The Hall–Kier alpha value is -3.59. The van der Waals surface area contributed by atoms with Crippen LogP contribution in [0.4, 0.5) is 0 Å². The Morgan fingerprint density at radius 2 is 1.94 bits per heavy atom. The lowest BCUT2D eigenvalue weighted by molar-refractivity contribution is -0.140. The van der Waals surface area contributed by atoms with Gasteiger partial charge in [0, 0.05) is 24.3 Å². The maximum atomic E-state index is 13.2. The Bertz CT molecular complexity index is 1150. The van der Waals surface area contributed by atoms with Gasteiger partial charge in [0.1, 0.15) is 17.2 Å². The fourth-order valence-electron chi connectivity index (χ4n) is 4.22. The number of nitrogens with zero attached hydrogens (tertiary/aromatic N) is 2. The van der Waals surface area contributed by atoms with Crippen molar-refractivity contribution >= 4 is 23.4 Å². The largest absolute Gasteiger partial charge is 0.507 e. The highest BCUT2D eigenvalue weighted by atomic mass is 16.5. The second kappa shape index (κ2) is 10.1. The third kappa shape index (κ3) is 4.56. The Morgan fingerprint density at radius 3 is 2.56 bits per heavy atom. The molecule has 1 atom stereocenters. The van der Waals surface area contributed by atoms with E-state index in [1.807, 2.05) is 19.0 Å². The number of H-pyrrole nitrogens is 1. The second-order valence-electron chi connectivity index (χ2n) is 8.42. The number of aromatic nitrogens is 1. The number of hydrogen-bond donors (Lipinski definition) is 2. The van der Waals surface area contributed by atoms with Crippen molar-refractivity contribution in [1.29, 1.82) is 0 Å². The van der Waals surface area contributed by atoms with Crippen LogP contribution in [-0.2, 0) is 14.3 Å². The number of nitrogens with one attached hydrogen (secondary N) is 1. The molecule has 0 bridgehead atoms. The molecule has 1 amide bonds. The minimum Gasteiger partial charge on any atom is -0.507 e. The first kappa shape index (κ1) is 25.0. The molecule has 0 unspecified atom stereocenters. The molecule has 1 aromatic carbocycles. The number of likely N-dealkylation sites (N-methyl/N-ethyl adjacent to an activating group) is 1. The second-order valence-corrected chi connectivity index (χ2v) is 8.42. The number of carbonyl (C=O) groups excluding carboxylic acids is 3. The van der Waals surface area contributed by atoms with Gasteiger partial charge in [0.05, 0.1) is 25.3 Å². The van der Waals surface area contributed by atoms with Crippen molar-refractivity contribution in [2.45, 2.75) is 26.8 Å². The summed E-state index contributed by atoms with van der Waals surface area (Å²) in [7, 11) is 5.28. The number of carbonyl (C=O) groups is 3. The van der Waals surface area contributed by atoms with Gasteiger partial charge in [-0.3, -0.25) is 9.59 Å². The molecule has 1 aliphatic rings. The van der Waals surface area contributed by atoms with Gasteiger partial charge < -0.3 is 29.4 Å². The average molecular weight is 470 g/mol. The molecule has 1 aliphatic heterocycles. The van der Waals surface area contributed by atoms with E-state index in [2.05, 4.69) is 4.98 Å². The molecule has 9 nitrogen and oxygen atoms in total. The molecule has 34 heavy (non-hydrogen) atoms. The van der Waals surface area contributed by atoms with Crippen LogP contribution in [0.1, 0.15) is 45.8 Å². The summed E-state index contributed by atoms with van der Waals surface area (Å²) in [5.74, 6) is -1.79. The van der Waals surface area contributed by atoms with Gasteiger partial charge in [-0.25, -0.2) is 4.79 Å². The third-order valence-corrected chi connectivity index (χ3v) is 5.89. The van der Waals surface area contributed by atoms with Crippen LogP contribution in [0.5, 0.6) is 5.75 Å². The van der Waals surface area contributed by atoms with Crippen LogP contribution in [0.3, 0.4) is 0 Å². The summed E-state index contributed by atoms with van der Waals surface area (Å²) >= 11 is 0. The third-order valence-electron chi connectivity index (χ3n) is 5.89. The molecule has 1 saturated heterocycles. The number of Topliss-reactive ketones (excluding diaryl/α,β-unsaturated/α-hetero) is 1. The summed E-state index contributed by atoms with van der Waals surface area (Å²) in [6.45, 7) is 6.07. The normalized spacial score (nSPS) is 17.5. The Morgan fingerprint density at radius 1 is 1.24 bits per heavy atom. The molecule has 2 aromatic rings. The minimum absolute atomic E-state index is 0.0300. The SMILES string of the molecule is CCOC(=O)c1[nH]c(C)c(/C(O)=C2\C(=O)C(=O)N(CCN(C)C)[C@@H]2c2cccc(OC)c2)c1C. The van der Waals surface area contributed by atoms with E-state index in [1.54, 1.807) is 45.0 Å². The number of hydrogen-bond acceptors (Lipinski definition) is 7. The molecule has 0 saturated carbocycles. The average Bonchev–Trinajstić information content (AvgIpc) is 3.24. The van der Waals surface area contributed by atoms with Gasteiger partial charge in [-0.2, -0.15) is 0 Å². The number of rotatable bonds is 8. The molecule has 1 aromatic heterocycles. The predicted molar refractivity (Wildman–Crippen MR) is 127 cm³/mol. The van der Waals surface area contributed by atoms with Crippen molar-refractivity contribution < 1.29 is 29.0 Å². The number of aliphatic hydroxyl groups is 1. The fraction of sp³-hybridized carbons (Fsp3) is 0.400. The van der Waals surface area contributed by atoms with Crippen LogP contribution in [0, 0.1) is 13.8 Å². The number of likely N-dealkylation sites (tertiary alicyclic amines) is 1. The van der Waals surface area contributed by atoms with E-state index in [0.717, 1.165) is 0 Å². The zero-order valence-corrected chi connectivity index (χ0v) is 20.4. The quantitative estimate of drug-likeness (QED) is 0.265. The Labute approximate surface area is 199 Å². The lowest BCUT2D eigenvalue weighted by Gasteiger charge is -2.26. The molecule has 2 heterocycles. The van der Waals surface area contributed by atoms with Crippen molar-refractivity contribution in [2.24, 2.45) is 0 Å². The molecule has 0 spiro atoms. The highest BCUT2D eigenvalue weighted by Crippen LogP contribution is 2.41. The number of ketones is 1. The van der Waals surface area contributed by atoms with Crippen LogP contribution in [-0.4, -0.2) is 78.5 Å². The van der Waals surface area contributed by atoms with Crippen LogP contribution in [0.25, 0.3) is 5.76 Å². The molecule has 182 valence electrons. The van der Waals surface area contributed by atoms with Crippen molar-refractivity contribution in [1.82, 2.24) is 14.8 Å². The zero-order valence-electron chi connectivity index (χ0n) is 20.4. The molecular formula is C25H31N3O6. The number of esters is 1. The minimum atomic E-state index is -0.810. The predicted octanol–water partition coefficient (Wildman–Crippen LogP) is 2.80. The molecule has 0 aliphatic carbocycles. The Balaban J connectivity index is 2.21. The van der Waals surface area contributed by atoms with Crippen LogP contribution >= 0.6 is 0 Å². The monoisotopic (exact) mass is 469 g/mol. The number of aromatic amines is 1. The van der Waals surface area contributed by atoms with Crippen molar-refractivity contribution in [3.63, 3.8) is 0 Å². The summed E-state index contributed by atoms with van der Waals surface area (Å²) < 4.78 is 10.4. The number of benzene rings is 1. The van der Waals surface area contributed by atoms with E-state index in [9.17, 15) is 19.5 Å². The molecular weight excluding hydrogens is 438 g/mol. The molecule has 9 heteroatoms. The van der Waals surface area contributed by atoms with E-state index >= 15 is 0 Å². The lowest BCUT2D eigenvalue weighted by atomic mass is 9.94. The van der Waals surface area contributed by atoms with E-state index in [1.165, 1.54) is 12.0 Å². The summed E-state index contributed by atoms with van der Waals surface area (Å²) in [6.07, 6.45) is 0. The van der Waals surface area contributed by atoms with E-state index in [4.69, 9.17) is 9.47 Å². The van der Waals surface area contributed by atoms with Gasteiger partial charge in [0.25, 0.3) is 11.7 Å². The Kier molecular flexibility index (Phi) is 7.46. The van der Waals surface area contributed by atoms with Crippen molar-refractivity contribution in [3.05, 3.63) is 57.9 Å². The van der Waals surface area contributed by atoms with Crippen LogP contribution < -0.4 is 4.74 Å². The number of methoxy groups -OCH3 is 1. The fourth-order valence-corrected chi connectivity index (χ4v) is 4.22. The smallest absolute Gasteiger partial charge is 0.355 e.